The summed E-state index contributed by atoms with van der Waals surface area (Å²) in [6.45, 7) is -0.388. The lowest BCUT2D eigenvalue weighted by Gasteiger charge is -2.12. The van der Waals surface area contributed by atoms with E-state index in [4.69, 9.17) is 4.74 Å². The van der Waals surface area contributed by atoms with E-state index in [0.717, 1.165) is 21.6 Å². The summed E-state index contributed by atoms with van der Waals surface area (Å²) in [7, 11) is 1.55. The van der Waals surface area contributed by atoms with Crippen molar-refractivity contribution in [3.05, 3.63) is 90.1 Å². The van der Waals surface area contributed by atoms with Crippen LogP contribution in [0.2, 0.25) is 0 Å². The van der Waals surface area contributed by atoms with Crippen LogP contribution in [0.3, 0.4) is 0 Å². The minimum Gasteiger partial charge on any atom is -0.497 e. The zero-order valence-corrected chi connectivity index (χ0v) is 17.4. The molecule has 0 aliphatic carbocycles. The van der Waals surface area contributed by atoms with Crippen molar-refractivity contribution in [1.29, 1.82) is 0 Å². The summed E-state index contributed by atoms with van der Waals surface area (Å²) in [6, 6.07) is 23.7. The van der Waals surface area contributed by atoms with Crippen LogP contribution in [-0.2, 0) is 9.59 Å². The molecular formula is C25H21N3O4. The van der Waals surface area contributed by atoms with Crippen molar-refractivity contribution in [2.45, 2.75) is 0 Å². The minimum absolute atomic E-state index is 0.125. The molecular weight excluding hydrogens is 406 g/mol. The van der Waals surface area contributed by atoms with Crippen LogP contribution in [0.15, 0.2) is 84.6 Å². The number of ether oxygens (including phenoxy) is 1. The van der Waals surface area contributed by atoms with E-state index in [-0.39, 0.29) is 12.2 Å². The van der Waals surface area contributed by atoms with Gasteiger partial charge in [-0.15, -0.1) is 0 Å². The number of hydrogen-bond donors (Lipinski definition) is 2. The molecule has 160 valence electrons. The molecule has 1 fully saturated rings. The molecule has 2 N–H and O–H groups in total. The molecule has 3 aromatic carbocycles. The Kier molecular flexibility index (Phi) is 5.98. The molecule has 4 amide bonds. The van der Waals surface area contributed by atoms with Crippen molar-refractivity contribution in [3.63, 3.8) is 0 Å². The maximum absolute atomic E-state index is 12.7. The van der Waals surface area contributed by atoms with Gasteiger partial charge < -0.3 is 15.4 Å². The van der Waals surface area contributed by atoms with Gasteiger partial charge >= 0.3 is 6.03 Å². The van der Waals surface area contributed by atoms with E-state index in [2.05, 4.69) is 10.6 Å². The topological polar surface area (TPSA) is 87.7 Å². The highest BCUT2D eigenvalue weighted by atomic mass is 16.5. The first-order valence-electron chi connectivity index (χ1n) is 9.97. The van der Waals surface area contributed by atoms with Crippen molar-refractivity contribution in [3.8, 4) is 16.9 Å². The van der Waals surface area contributed by atoms with E-state index in [0.29, 0.717) is 11.4 Å². The highest BCUT2D eigenvalue weighted by molar-refractivity contribution is 6.15. The van der Waals surface area contributed by atoms with E-state index in [1.165, 1.54) is 0 Å². The van der Waals surface area contributed by atoms with Crippen molar-refractivity contribution in [1.82, 2.24) is 10.2 Å². The zero-order valence-electron chi connectivity index (χ0n) is 17.4. The molecule has 0 radical (unpaired) electrons. The third-order valence-corrected chi connectivity index (χ3v) is 4.97. The Morgan fingerprint density at radius 2 is 1.59 bits per heavy atom. The van der Waals surface area contributed by atoms with Gasteiger partial charge in [-0.3, -0.25) is 9.59 Å². The van der Waals surface area contributed by atoms with Gasteiger partial charge in [0.1, 0.15) is 18.0 Å². The molecule has 7 heteroatoms. The molecule has 1 aliphatic heterocycles. The fourth-order valence-corrected chi connectivity index (χ4v) is 3.30. The second-order valence-electron chi connectivity index (χ2n) is 7.14. The molecule has 32 heavy (non-hydrogen) atoms. The first-order valence-corrected chi connectivity index (χ1v) is 9.97. The lowest BCUT2D eigenvalue weighted by Crippen LogP contribution is -2.38. The van der Waals surface area contributed by atoms with Gasteiger partial charge in [0, 0.05) is 5.69 Å². The summed E-state index contributed by atoms with van der Waals surface area (Å²) in [5.74, 6) is -0.372. The van der Waals surface area contributed by atoms with Crippen molar-refractivity contribution in [2.24, 2.45) is 0 Å². The third kappa shape index (κ3) is 4.67. The van der Waals surface area contributed by atoms with Crippen molar-refractivity contribution >= 4 is 29.6 Å². The molecule has 0 bridgehead atoms. The first-order chi connectivity index (χ1) is 15.5. The van der Waals surface area contributed by atoms with Crippen LogP contribution in [0, 0.1) is 0 Å². The zero-order chi connectivity index (χ0) is 22.5. The highest BCUT2D eigenvalue weighted by Crippen LogP contribution is 2.21. The largest absolute Gasteiger partial charge is 0.497 e. The Morgan fingerprint density at radius 3 is 2.25 bits per heavy atom. The minimum atomic E-state index is -0.632. The lowest BCUT2D eigenvalue weighted by atomic mass is 10.0. The number of nitrogens with zero attached hydrogens (tertiary/aromatic N) is 1. The Balaban J connectivity index is 1.41. The third-order valence-electron chi connectivity index (χ3n) is 4.97. The van der Waals surface area contributed by atoms with Gasteiger partial charge in [0.05, 0.1) is 7.11 Å². The molecule has 0 spiro atoms. The van der Waals surface area contributed by atoms with Crippen LogP contribution in [-0.4, -0.2) is 36.4 Å². The van der Waals surface area contributed by atoms with E-state index < -0.39 is 17.8 Å². The van der Waals surface area contributed by atoms with Gasteiger partial charge in [0.25, 0.3) is 5.91 Å². The number of benzene rings is 3. The number of methoxy groups -OCH3 is 1. The molecule has 1 aliphatic rings. The first kappa shape index (κ1) is 20.9. The molecule has 4 rings (SSSR count). The number of nitrogens with one attached hydrogen (secondary N) is 2. The fraction of sp³-hybridized carbons (Fsp3) is 0.0800. The molecule has 1 heterocycles. The van der Waals surface area contributed by atoms with Crippen molar-refractivity contribution in [2.75, 3.05) is 19.0 Å². The normalized spacial score (nSPS) is 14.4. The number of urea groups is 1. The molecule has 0 aromatic heterocycles. The summed E-state index contributed by atoms with van der Waals surface area (Å²) in [5, 5.41) is 5.19. The van der Waals surface area contributed by atoms with Gasteiger partial charge in [-0.05, 0) is 47.0 Å². The predicted octanol–water partition coefficient (Wildman–Crippen LogP) is 3.89. The van der Waals surface area contributed by atoms with E-state index in [1.807, 2.05) is 54.6 Å². The SMILES string of the molecule is COc1ccc(NC(=O)CN2C(=O)N/C(=C\c3ccc(-c4ccccc4)cc3)C2=O)cc1. The number of amides is 4. The van der Waals surface area contributed by atoms with E-state index in [1.54, 1.807) is 37.5 Å². The Labute approximate surface area is 185 Å². The molecule has 7 nitrogen and oxygen atoms in total. The number of anilines is 1. The second kappa shape index (κ2) is 9.18. The number of carbonyl (C=O) groups is 3. The maximum atomic E-state index is 12.7. The van der Waals surface area contributed by atoms with Crippen LogP contribution in [0.5, 0.6) is 5.75 Å². The Morgan fingerprint density at radius 1 is 0.938 bits per heavy atom. The molecule has 3 aromatic rings. The molecule has 0 saturated carbocycles. The maximum Gasteiger partial charge on any atom is 0.329 e. The predicted molar refractivity (Wildman–Crippen MR) is 122 cm³/mol. The van der Waals surface area contributed by atoms with Crippen LogP contribution >= 0.6 is 0 Å². The number of imide groups is 1. The average Bonchev–Trinajstić information content (AvgIpc) is 3.08. The smallest absolute Gasteiger partial charge is 0.329 e. The monoisotopic (exact) mass is 427 g/mol. The van der Waals surface area contributed by atoms with Gasteiger partial charge in [-0.25, -0.2) is 9.69 Å². The molecule has 0 atom stereocenters. The molecule has 0 unspecified atom stereocenters. The van der Waals surface area contributed by atoms with Gasteiger partial charge in [0.15, 0.2) is 0 Å². The van der Waals surface area contributed by atoms with E-state index >= 15 is 0 Å². The van der Waals surface area contributed by atoms with Gasteiger partial charge in [-0.2, -0.15) is 0 Å². The quantitative estimate of drug-likeness (QED) is 0.461. The van der Waals surface area contributed by atoms with Crippen molar-refractivity contribution < 1.29 is 19.1 Å². The number of hydrogen-bond acceptors (Lipinski definition) is 4. The number of rotatable bonds is 6. The lowest BCUT2D eigenvalue weighted by molar-refractivity contribution is -0.127. The van der Waals surface area contributed by atoms with E-state index in [9.17, 15) is 14.4 Å². The second-order valence-corrected chi connectivity index (χ2v) is 7.14. The summed E-state index contributed by atoms with van der Waals surface area (Å²) in [4.78, 5) is 38.1. The number of carbonyl (C=O) groups excluding carboxylic acids is 3. The highest BCUT2D eigenvalue weighted by Gasteiger charge is 2.34. The summed E-state index contributed by atoms with van der Waals surface area (Å²) < 4.78 is 5.07. The van der Waals surface area contributed by atoms with Crippen LogP contribution in [0.4, 0.5) is 10.5 Å². The van der Waals surface area contributed by atoms with Gasteiger partial charge in [0.2, 0.25) is 5.91 Å². The summed E-state index contributed by atoms with van der Waals surface area (Å²) in [6.07, 6.45) is 1.59. The Bertz CT molecular complexity index is 1170. The summed E-state index contributed by atoms with van der Waals surface area (Å²) >= 11 is 0. The Hall–Kier alpha value is -4.39. The van der Waals surface area contributed by atoms with Crippen LogP contribution < -0.4 is 15.4 Å². The van der Waals surface area contributed by atoms with Crippen LogP contribution in [0.1, 0.15) is 5.56 Å². The fourth-order valence-electron chi connectivity index (χ4n) is 3.30. The van der Waals surface area contributed by atoms with Gasteiger partial charge in [-0.1, -0.05) is 54.6 Å². The van der Waals surface area contributed by atoms with Crippen LogP contribution in [0.25, 0.3) is 17.2 Å². The standard InChI is InChI=1S/C25H21N3O4/c1-32-21-13-11-20(12-14-21)26-23(29)16-28-24(30)22(27-25(28)31)15-17-7-9-19(10-8-17)18-5-3-2-4-6-18/h2-15H,16H2,1H3,(H,26,29)(H,27,31)/b22-15-. The average molecular weight is 427 g/mol. The summed E-state index contributed by atoms with van der Waals surface area (Å²) in [5.41, 5.74) is 3.56. The molecule has 1 saturated heterocycles.